The Balaban J connectivity index is 1.21. The van der Waals surface area contributed by atoms with Gasteiger partial charge >= 0.3 is 0 Å². The van der Waals surface area contributed by atoms with Gasteiger partial charge in [0.05, 0.1) is 0 Å². The van der Waals surface area contributed by atoms with Gasteiger partial charge in [0.2, 0.25) is 0 Å². The molecular formula is C35H65N. The van der Waals surface area contributed by atoms with E-state index in [-0.39, 0.29) is 0 Å². The molecule has 11 unspecified atom stereocenters. The fraction of sp³-hybridized carbons (Fsp3) is 1.00. The Labute approximate surface area is 226 Å². The zero-order valence-corrected chi connectivity index (χ0v) is 25.2. The van der Waals surface area contributed by atoms with Crippen LogP contribution in [-0.4, -0.2) is 6.04 Å². The molecular weight excluding hydrogens is 434 g/mol. The number of nitrogens with two attached hydrogens (primary N) is 1. The van der Waals surface area contributed by atoms with Crippen LogP contribution in [0, 0.1) is 65.1 Å². The predicted molar refractivity (Wildman–Crippen MR) is 158 cm³/mol. The van der Waals surface area contributed by atoms with E-state index >= 15 is 0 Å². The Bertz CT molecular complexity index is 624. The van der Waals surface area contributed by atoms with Crippen molar-refractivity contribution in [1.82, 2.24) is 0 Å². The van der Waals surface area contributed by atoms with E-state index in [9.17, 15) is 0 Å². The van der Waals surface area contributed by atoms with E-state index in [0.717, 1.165) is 65.1 Å². The lowest BCUT2D eigenvalue weighted by molar-refractivity contribution is -0.0496. The molecule has 4 aliphatic rings. The predicted octanol–water partition coefficient (Wildman–Crippen LogP) is 10.3. The molecule has 0 aromatic heterocycles. The molecule has 4 fully saturated rings. The zero-order valence-electron chi connectivity index (χ0n) is 25.2. The monoisotopic (exact) mass is 500 g/mol. The molecule has 11 atom stereocenters. The Hall–Kier alpha value is -0.0400. The highest BCUT2D eigenvalue weighted by atomic mass is 14.6. The molecule has 210 valence electrons. The van der Waals surface area contributed by atoms with Crippen LogP contribution in [-0.2, 0) is 0 Å². The topological polar surface area (TPSA) is 26.0 Å². The van der Waals surface area contributed by atoms with Crippen LogP contribution in [0.2, 0.25) is 0 Å². The minimum atomic E-state index is 0.444. The molecule has 2 N–H and O–H groups in total. The highest BCUT2D eigenvalue weighted by Gasteiger charge is 2.48. The lowest BCUT2D eigenvalue weighted by Gasteiger charge is -2.55. The Morgan fingerprint density at radius 3 is 2.11 bits per heavy atom. The summed E-state index contributed by atoms with van der Waals surface area (Å²) in [4.78, 5) is 0. The largest absolute Gasteiger partial charge is 0.328 e. The lowest BCUT2D eigenvalue weighted by atomic mass is 9.51. The van der Waals surface area contributed by atoms with Crippen molar-refractivity contribution >= 4 is 0 Å². The molecule has 4 saturated carbocycles. The number of rotatable bonds is 15. The fourth-order valence-corrected chi connectivity index (χ4v) is 9.85. The van der Waals surface area contributed by atoms with Crippen LogP contribution in [0.1, 0.15) is 150 Å². The van der Waals surface area contributed by atoms with Gasteiger partial charge in [-0.1, -0.05) is 112 Å². The van der Waals surface area contributed by atoms with E-state index < -0.39 is 0 Å². The second-order valence-corrected chi connectivity index (χ2v) is 15.1. The third-order valence-corrected chi connectivity index (χ3v) is 12.6. The first-order valence-corrected chi connectivity index (χ1v) is 17.1. The minimum Gasteiger partial charge on any atom is -0.328 e. The SMILES string of the molecule is CCCC(C)CCCC(CC)CC(N)CC1CC(C)C1CC1C(C)CC1C1CCCC(C2CCC2)C1. The smallest absolute Gasteiger partial charge is 0.00442 e. The second-order valence-electron chi connectivity index (χ2n) is 15.1. The van der Waals surface area contributed by atoms with Gasteiger partial charge in [-0.3, -0.25) is 0 Å². The molecule has 0 aromatic carbocycles. The van der Waals surface area contributed by atoms with Crippen molar-refractivity contribution in [3.63, 3.8) is 0 Å². The molecule has 0 bridgehead atoms. The molecule has 4 aliphatic carbocycles. The van der Waals surface area contributed by atoms with Gasteiger partial charge in [0.15, 0.2) is 0 Å². The summed E-state index contributed by atoms with van der Waals surface area (Å²) in [6, 6.07) is 0.444. The quantitative estimate of drug-likeness (QED) is 0.238. The summed E-state index contributed by atoms with van der Waals surface area (Å²) < 4.78 is 0. The Morgan fingerprint density at radius 1 is 0.778 bits per heavy atom. The average molecular weight is 500 g/mol. The summed E-state index contributed by atoms with van der Waals surface area (Å²) in [5, 5.41) is 0. The summed E-state index contributed by atoms with van der Waals surface area (Å²) in [6.45, 7) is 12.3. The van der Waals surface area contributed by atoms with E-state index in [1.165, 1.54) is 70.6 Å². The molecule has 36 heavy (non-hydrogen) atoms. The van der Waals surface area contributed by atoms with Gasteiger partial charge in [-0.15, -0.1) is 0 Å². The highest BCUT2D eigenvalue weighted by molar-refractivity contribution is 4.98. The normalized spacial score (nSPS) is 39.5. The van der Waals surface area contributed by atoms with E-state index in [2.05, 4.69) is 34.6 Å². The first-order chi connectivity index (χ1) is 17.4. The van der Waals surface area contributed by atoms with Gasteiger partial charge in [-0.2, -0.15) is 0 Å². The maximum Gasteiger partial charge on any atom is 0.00442 e. The van der Waals surface area contributed by atoms with Crippen LogP contribution in [0.3, 0.4) is 0 Å². The maximum absolute atomic E-state index is 6.86. The van der Waals surface area contributed by atoms with Gasteiger partial charge in [-0.25, -0.2) is 0 Å². The molecule has 0 heterocycles. The molecule has 0 spiro atoms. The van der Waals surface area contributed by atoms with E-state index in [1.807, 2.05) is 0 Å². The van der Waals surface area contributed by atoms with Crippen LogP contribution in [0.15, 0.2) is 0 Å². The van der Waals surface area contributed by atoms with Gasteiger partial charge in [0.1, 0.15) is 0 Å². The Kier molecular flexibility index (Phi) is 11.1. The summed E-state index contributed by atoms with van der Waals surface area (Å²) in [5.74, 6) is 11.0. The van der Waals surface area contributed by atoms with Crippen LogP contribution in [0.5, 0.6) is 0 Å². The number of hydrogen-bond donors (Lipinski definition) is 1. The molecule has 4 rings (SSSR count). The minimum absolute atomic E-state index is 0.444. The van der Waals surface area contributed by atoms with Gasteiger partial charge < -0.3 is 5.73 Å². The molecule has 1 nitrogen and oxygen atoms in total. The molecule has 0 aliphatic heterocycles. The van der Waals surface area contributed by atoms with E-state index in [4.69, 9.17) is 5.73 Å². The van der Waals surface area contributed by atoms with Crippen LogP contribution in [0.25, 0.3) is 0 Å². The Morgan fingerprint density at radius 2 is 1.47 bits per heavy atom. The van der Waals surface area contributed by atoms with Gasteiger partial charge in [-0.05, 0) is 104 Å². The summed E-state index contributed by atoms with van der Waals surface area (Å²) >= 11 is 0. The van der Waals surface area contributed by atoms with E-state index in [0.29, 0.717) is 6.04 Å². The molecule has 0 amide bonds. The van der Waals surface area contributed by atoms with Gasteiger partial charge in [0, 0.05) is 6.04 Å². The third-order valence-electron chi connectivity index (χ3n) is 12.6. The third kappa shape index (κ3) is 7.33. The molecule has 0 radical (unpaired) electrons. The van der Waals surface area contributed by atoms with Crippen molar-refractivity contribution in [1.29, 1.82) is 0 Å². The summed E-state index contributed by atoms with van der Waals surface area (Å²) in [6.07, 6.45) is 26.4. The fourth-order valence-electron chi connectivity index (χ4n) is 9.85. The second kappa shape index (κ2) is 13.8. The van der Waals surface area contributed by atoms with Crippen LogP contribution < -0.4 is 5.73 Å². The molecule has 0 aromatic rings. The average Bonchev–Trinajstić information content (AvgIpc) is 2.80. The van der Waals surface area contributed by atoms with Crippen LogP contribution in [0.4, 0.5) is 0 Å². The maximum atomic E-state index is 6.86. The lowest BCUT2D eigenvalue weighted by Crippen LogP contribution is -2.47. The summed E-state index contributed by atoms with van der Waals surface area (Å²) in [7, 11) is 0. The standard InChI is InChI=1S/C35H65N/c1-6-11-24(3)12-8-13-27(7-2)20-32(36)22-31-18-25(4)33(31)23-34-26(5)19-35(34)30-17-10-16-29(21-30)28-14-9-15-28/h24-35H,6-23,36H2,1-5H3. The van der Waals surface area contributed by atoms with E-state index in [1.54, 1.807) is 44.9 Å². The van der Waals surface area contributed by atoms with Crippen molar-refractivity contribution in [3.8, 4) is 0 Å². The molecule has 1 heteroatoms. The van der Waals surface area contributed by atoms with Crippen molar-refractivity contribution in [3.05, 3.63) is 0 Å². The summed E-state index contributed by atoms with van der Waals surface area (Å²) in [5.41, 5.74) is 6.86. The first-order valence-electron chi connectivity index (χ1n) is 17.1. The van der Waals surface area contributed by atoms with Gasteiger partial charge in [0.25, 0.3) is 0 Å². The van der Waals surface area contributed by atoms with Crippen molar-refractivity contribution in [2.45, 2.75) is 156 Å². The zero-order chi connectivity index (χ0) is 25.7. The van der Waals surface area contributed by atoms with Crippen molar-refractivity contribution < 1.29 is 0 Å². The molecule has 0 saturated heterocycles. The van der Waals surface area contributed by atoms with Crippen molar-refractivity contribution in [2.75, 3.05) is 0 Å². The first kappa shape index (κ1) is 29.0. The van der Waals surface area contributed by atoms with Crippen LogP contribution >= 0.6 is 0 Å². The van der Waals surface area contributed by atoms with Crippen molar-refractivity contribution in [2.24, 2.45) is 70.8 Å². The highest BCUT2D eigenvalue weighted by Crippen LogP contribution is 2.57. The number of hydrogen-bond acceptors (Lipinski definition) is 1.